The van der Waals surface area contributed by atoms with Crippen LogP contribution in [0.25, 0.3) is 0 Å². The molecule has 0 saturated carbocycles. The second-order valence-electron chi connectivity index (χ2n) is 23.3. The number of hydrogen-bond acceptors (Lipinski definition) is 25. The van der Waals surface area contributed by atoms with Gasteiger partial charge < -0.3 is 122 Å². The van der Waals surface area contributed by atoms with Crippen LogP contribution in [-0.4, -0.2) is 294 Å². The van der Waals surface area contributed by atoms with E-state index in [1.807, 2.05) is 0 Å². The Morgan fingerprint density at radius 3 is 1.23 bits per heavy atom. The monoisotopic (exact) mass is 1350 g/mol. The summed E-state index contributed by atoms with van der Waals surface area (Å²) >= 11 is 0. The third-order valence-corrected chi connectivity index (χ3v) is 15.2. The Hall–Kier alpha value is -5.41. The van der Waals surface area contributed by atoms with Crippen LogP contribution in [0.5, 0.6) is 0 Å². The summed E-state index contributed by atoms with van der Waals surface area (Å²) in [5, 5.41) is 114. The number of ether oxygens (including phenoxy) is 6. The van der Waals surface area contributed by atoms with Gasteiger partial charge in [0.2, 0.25) is 53.2 Å². The summed E-state index contributed by atoms with van der Waals surface area (Å²) in [7, 11) is 0. The average molecular weight is 1360 g/mol. The Bertz CT molecular complexity index is 2210. The summed E-state index contributed by atoms with van der Waals surface area (Å²) in [5.74, 6) is -3.48. The molecule has 0 aliphatic carbocycles. The molecule has 15 atom stereocenters. The number of nitrogens with zero attached hydrogens (tertiary/aromatic N) is 1. The lowest BCUT2D eigenvalue weighted by atomic mass is 9.97. The highest BCUT2D eigenvalue weighted by atomic mass is 16.7. The molecule has 0 aromatic rings. The van der Waals surface area contributed by atoms with Crippen molar-refractivity contribution in [2.24, 2.45) is 0 Å². The molecule has 0 aromatic carbocycles. The van der Waals surface area contributed by atoms with Gasteiger partial charge in [0.05, 0.1) is 51.7 Å². The molecule has 2 rings (SSSR count). The number of amides is 9. The second-order valence-corrected chi connectivity index (χ2v) is 23.3. The minimum absolute atomic E-state index is 0.128. The number of rotatable bonds is 51. The Morgan fingerprint density at radius 2 is 0.883 bits per heavy atom. The number of carbonyl (C=O) groups excluding carboxylic acids is 9. The second kappa shape index (κ2) is 49.2. The van der Waals surface area contributed by atoms with Crippen LogP contribution in [-0.2, 0) is 71.6 Å². The molecule has 94 heavy (non-hydrogen) atoms. The average Bonchev–Trinajstić information content (AvgIpc) is 0.832. The summed E-state index contributed by atoms with van der Waals surface area (Å²) in [6, 6.07) is -4.01. The molecular formula is C60H110N10O24. The van der Waals surface area contributed by atoms with Crippen LogP contribution in [0.3, 0.4) is 0 Å². The Labute approximate surface area is 549 Å². The predicted molar refractivity (Wildman–Crippen MR) is 334 cm³/mol. The number of aliphatic hydroxyl groups is 9. The van der Waals surface area contributed by atoms with Gasteiger partial charge in [0, 0.05) is 99.1 Å². The molecule has 2 heterocycles. The Morgan fingerprint density at radius 1 is 0.489 bits per heavy atom. The van der Waals surface area contributed by atoms with E-state index in [0.29, 0.717) is 77.0 Å². The SMILES string of the molecule is CCC(C(=O)NCCCNC(=O)CCCCCOC1OC(CO)C(O)C(O)[C@@H]1NC(C)=O)N(CC(=O)NCCCNC(=O)CCCCCOC1OC(CO)C(O)C(O)C1NC(C)=O)CC(=O)NCCCNC(=O)CCCCCOC(OC(CO)[C@@H](C)O)[C@H](CO)NC(C)=O. The predicted octanol–water partition coefficient (Wildman–Crippen LogP) is -5.87. The largest absolute Gasteiger partial charge is 0.394 e. The maximum Gasteiger partial charge on any atom is 0.237 e. The standard InChI is InChI=1S/C60H110N10O24/c1-6-42(57(88)66-27-18-24-63-48(81)21-12-9-15-30-91-60-52(69-40(5)78)56(87)54(85)45(36-74)94-60)70(31-49(82)64-25-16-22-61-46(79)19-10-7-13-28-89-58(41(33-71)67-38(3)76)92-43(34-72)37(2)75)32-50(83)65-26-17-23-62-47(80)20-11-8-14-29-90-59-51(68-39(4)77)55(86)53(84)44(35-73)93-59/h37,41-45,51-56,58-60,71-75,84-87H,6-36H2,1-5H3,(H,61,79)(H,62,80)(H,63,81)(H,64,82)(H,65,83)(H,66,88)(H,67,76)(H,68,77)(H,69,78)/t37-,41+,42?,43?,44?,45?,51?,52+,53?,54?,55?,56?,58?,59?,60?/m1/s1. The van der Waals surface area contributed by atoms with E-state index in [1.54, 1.807) is 6.92 Å². The molecule has 2 aliphatic rings. The molecule has 34 heteroatoms. The molecule has 0 bridgehead atoms. The van der Waals surface area contributed by atoms with E-state index in [9.17, 15) is 89.1 Å². The van der Waals surface area contributed by atoms with Crippen molar-refractivity contribution in [3.05, 3.63) is 0 Å². The van der Waals surface area contributed by atoms with Crippen molar-refractivity contribution in [3.63, 3.8) is 0 Å². The number of nitrogens with one attached hydrogen (secondary N) is 9. The van der Waals surface area contributed by atoms with Crippen LogP contribution < -0.4 is 47.9 Å². The van der Waals surface area contributed by atoms with Crippen LogP contribution in [0.2, 0.25) is 0 Å². The zero-order valence-electron chi connectivity index (χ0n) is 55.2. The molecule has 12 unspecified atom stereocenters. The highest BCUT2D eigenvalue weighted by Crippen LogP contribution is 2.24. The van der Waals surface area contributed by atoms with Crippen molar-refractivity contribution in [2.45, 2.75) is 229 Å². The van der Waals surface area contributed by atoms with E-state index < -0.39 is 154 Å². The van der Waals surface area contributed by atoms with Crippen LogP contribution >= 0.6 is 0 Å². The molecule has 0 aromatic heterocycles. The summed E-state index contributed by atoms with van der Waals surface area (Å²) in [4.78, 5) is 115. The molecular weight excluding hydrogens is 1240 g/mol. The first kappa shape index (κ1) is 84.7. The molecule has 2 fully saturated rings. The van der Waals surface area contributed by atoms with Crippen molar-refractivity contribution in [1.82, 2.24) is 52.8 Å². The van der Waals surface area contributed by atoms with Crippen LogP contribution in [0.15, 0.2) is 0 Å². The van der Waals surface area contributed by atoms with Crippen LogP contribution in [0.4, 0.5) is 0 Å². The van der Waals surface area contributed by atoms with E-state index in [2.05, 4.69) is 47.9 Å². The first-order chi connectivity index (χ1) is 44.9. The lowest BCUT2D eigenvalue weighted by Gasteiger charge is -2.42. The summed E-state index contributed by atoms with van der Waals surface area (Å²) in [5.41, 5.74) is 0. The lowest BCUT2D eigenvalue weighted by molar-refractivity contribution is -0.270. The van der Waals surface area contributed by atoms with Crippen LogP contribution in [0, 0.1) is 0 Å². The van der Waals surface area contributed by atoms with Crippen molar-refractivity contribution >= 4 is 53.2 Å². The minimum atomic E-state index is -1.44. The highest BCUT2D eigenvalue weighted by Gasteiger charge is 2.47. The Kier molecular flexibility index (Phi) is 44.3. The number of aliphatic hydroxyl groups excluding tert-OH is 9. The zero-order chi connectivity index (χ0) is 70.0. The zero-order valence-corrected chi connectivity index (χ0v) is 55.2. The third kappa shape index (κ3) is 34.5. The van der Waals surface area contributed by atoms with Gasteiger partial charge >= 0.3 is 0 Å². The Balaban J connectivity index is 1.86. The fraction of sp³-hybridized carbons (Fsp3) is 0.850. The smallest absolute Gasteiger partial charge is 0.237 e. The first-order valence-electron chi connectivity index (χ1n) is 32.7. The minimum Gasteiger partial charge on any atom is -0.394 e. The number of unbranched alkanes of at least 4 members (excludes halogenated alkanes) is 6. The molecule has 9 amide bonds. The van der Waals surface area contributed by atoms with Gasteiger partial charge in [-0.3, -0.25) is 48.1 Å². The highest BCUT2D eigenvalue weighted by molar-refractivity contribution is 5.86. The van der Waals surface area contributed by atoms with Crippen molar-refractivity contribution in [2.75, 3.05) is 98.6 Å². The lowest BCUT2D eigenvalue weighted by Crippen LogP contribution is -2.64. The summed E-state index contributed by atoms with van der Waals surface area (Å²) < 4.78 is 34.0. The van der Waals surface area contributed by atoms with E-state index in [0.717, 1.165) is 0 Å². The van der Waals surface area contributed by atoms with E-state index in [4.69, 9.17) is 28.4 Å². The van der Waals surface area contributed by atoms with Gasteiger partial charge in [0.15, 0.2) is 18.9 Å². The molecule has 544 valence electrons. The first-order valence-corrected chi connectivity index (χ1v) is 32.7. The van der Waals surface area contributed by atoms with Gasteiger partial charge in [-0.15, -0.1) is 0 Å². The molecule has 2 aliphatic heterocycles. The third-order valence-electron chi connectivity index (χ3n) is 15.2. The van der Waals surface area contributed by atoms with Gasteiger partial charge in [0.1, 0.15) is 60.9 Å². The van der Waals surface area contributed by atoms with Gasteiger partial charge in [-0.05, 0) is 71.1 Å². The summed E-state index contributed by atoms with van der Waals surface area (Å²) in [6.07, 6.45) is -6.83. The van der Waals surface area contributed by atoms with Gasteiger partial charge in [-0.25, -0.2) is 0 Å². The molecule has 18 N–H and O–H groups in total. The fourth-order valence-corrected chi connectivity index (χ4v) is 10.1. The molecule has 0 radical (unpaired) electrons. The van der Waals surface area contributed by atoms with Crippen molar-refractivity contribution in [1.29, 1.82) is 0 Å². The normalized spacial score (nSPS) is 22.8. The van der Waals surface area contributed by atoms with Crippen molar-refractivity contribution < 1.29 is 118 Å². The number of hydrogen-bond donors (Lipinski definition) is 18. The van der Waals surface area contributed by atoms with Crippen LogP contribution in [0.1, 0.15) is 137 Å². The van der Waals surface area contributed by atoms with E-state index >= 15 is 0 Å². The van der Waals surface area contributed by atoms with E-state index in [1.165, 1.54) is 32.6 Å². The van der Waals surface area contributed by atoms with Crippen molar-refractivity contribution in [3.8, 4) is 0 Å². The molecule has 0 spiro atoms. The molecule has 2 saturated heterocycles. The van der Waals surface area contributed by atoms with Gasteiger partial charge in [-0.1, -0.05) is 26.2 Å². The topological polar surface area (TPSA) is 503 Å². The van der Waals surface area contributed by atoms with Gasteiger partial charge in [-0.2, -0.15) is 0 Å². The fourth-order valence-electron chi connectivity index (χ4n) is 10.1. The summed E-state index contributed by atoms with van der Waals surface area (Å²) in [6.45, 7) is 5.61. The number of carbonyl (C=O) groups is 9. The van der Waals surface area contributed by atoms with Gasteiger partial charge in [0.25, 0.3) is 0 Å². The maximum atomic E-state index is 13.7. The van der Waals surface area contributed by atoms with E-state index in [-0.39, 0.29) is 116 Å². The quantitative estimate of drug-likeness (QED) is 0.0199. The molecule has 34 nitrogen and oxygen atoms in total. The maximum absolute atomic E-state index is 13.7.